The SMILES string of the molecule is CO[C@@H]1CN(CCOCCO)CC[C@H]1CNC(=O)c1cc(Cl)c(Br)c2c1OCCCO2. The van der Waals surface area contributed by atoms with E-state index in [9.17, 15) is 4.79 Å². The molecular formula is C21H30BrClN2O6. The lowest BCUT2D eigenvalue weighted by molar-refractivity contribution is -0.0198. The number of aliphatic hydroxyl groups excluding tert-OH is 1. The van der Waals surface area contributed by atoms with Gasteiger partial charge in [0.05, 0.1) is 54.2 Å². The average molecular weight is 522 g/mol. The summed E-state index contributed by atoms with van der Waals surface area (Å²) >= 11 is 9.73. The molecule has 174 valence electrons. The van der Waals surface area contributed by atoms with E-state index < -0.39 is 0 Å². The number of rotatable bonds is 9. The zero-order valence-electron chi connectivity index (χ0n) is 17.7. The summed E-state index contributed by atoms with van der Waals surface area (Å²) in [5.41, 5.74) is 0.373. The van der Waals surface area contributed by atoms with Crippen molar-refractivity contribution in [1.82, 2.24) is 10.2 Å². The molecule has 0 unspecified atom stereocenters. The van der Waals surface area contributed by atoms with E-state index in [0.717, 1.165) is 32.5 Å². The van der Waals surface area contributed by atoms with Crippen LogP contribution in [0.25, 0.3) is 0 Å². The highest BCUT2D eigenvalue weighted by Gasteiger charge is 2.30. The molecule has 0 saturated carbocycles. The number of aliphatic hydroxyl groups is 1. The van der Waals surface area contributed by atoms with Gasteiger partial charge < -0.3 is 29.4 Å². The van der Waals surface area contributed by atoms with Crippen molar-refractivity contribution < 1.29 is 28.8 Å². The van der Waals surface area contributed by atoms with Crippen LogP contribution in [-0.4, -0.2) is 88.3 Å². The minimum atomic E-state index is -0.245. The first kappa shape index (κ1) is 24.5. The van der Waals surface area contributed by atoms with E-state index in [0.29, 0.717) is 59.5 Å². The van der Waals surface area contributed by atoms with Crippen molar-refractivity contribution in [2.24, 2.45) is 5.92 Å². The molecule has 1 aromatic rings. The first-order chi connectivity index (χ1) is 15.0. The summed E-state index contributed by atoms with van der Waals surface area (Å²) in [7, 11) is 1.70. The summed E-state index contributed by atoms with van der Waals surface area (Å²) in [5, 5.41) is 12.2. The van der Waals surface area contributed by atoms with Crippen LogP contribution in [0.15, 0.2) is 10.5 Å². The summed E-state index contributed by atoms with van der Waals surface area (Å²) < 4.78 is 23.2. The highest BCUT2D eigenvalue weighted by atomic mass is 79.9. The van der Waals surface area contributed by atoms with E-state index in [1.54, 1.807) is 13.2 Å². The molecule has 0 bridgehead atoms. The zero-order valence-corrected chi connectivity index (χ0v) is 20.0. The first-order valence-corrected chi connectivity index (χ1v) is 11.7. The lowest BCUT2D eigenvalue weighted by Gasteiger charge is -2.37. The lowest BCUT2D eigenvalue weighted by Crippen LogP contribution is -2.49. The molecule has 2 N–H and O–H groups in total. The molecule has 2 atom stereocenters. The molecule has 3 rings (SSSR count). The monoisotopic (exact) mass is 520 g/mol. The van der Waals surface area contributed by atoms with E-state index in [2.05, 4.69) is 26.1 Å². The maximum atomic E-state index is 13.0. The minimum Gasteiger partial charge on any atom is -0.489 e. The summed E-state index contributed by atoms with van der Waals surface area (Å²) in [6, 6.07) is 1.61. The van der Waals surface area contributed by atoms with Crippen molar-refractivity contribution in [1.29, 1.82) is 0 Å². The molecule has 31 heavy (non-hydrogen) atoms. The molecule has 0 aliphatic carbocycles. The third-order valence-corrected chi connectivity index (χ3v) is 6.87. The number of carbonyl (C=O) groups is 1. The Bertz CT molecular complexity index is 753. The van der Waals surface area contributed by atoms with Crippen LogP contribution in [0.3, 0.4) is 0 Å². The summed E-state index contributed by atoms with van der Waals surface area (Å²) in [6.45, 7) is 4.92. The topological polar surface area (TPSA) is 89.5 Å². The van der Waals surface area contributed by atoms with Gasteiger partial charge in [0.1, 0.15) is 0 Å². The quantitative estimate of drug-likeness (QED) is 0.482. The fourth-order valence-electron chi connectivity index (χ4n) is 3.85. The molecule has 8 nitrogen and oxygen atoms in total. The molecule has 0 spiro atoms. The van der Waals surface area contributed by atoms with Crippen LogP contribution >= 0.6 is 27.5 Å². The number of nitrogens with one attached hydrogen (secondary N) is 1. The fraction of sp³-hybridized carbons (Fsp3) is 0.667. The molecule has 1 aromatic carbocycles. The highest BCUT2D eigenvalue weighted by Crippen LogP contribution is 2.44. The molecule has 2 aliphatic rings. The molecule has 1 fully saturated rings. The second-order valence-electron chi connectivity index (χ2n) is 7.60. The Morgan fingerprint density at radius 3 is 2.87 bits per heavy atom. The Kier molecular flexibility index (Phi) is 9.68. The smallest absolute Gasteiger partial charge is 0.255 e. The van der Waals surface area contributed by atoms with Gasteiger partial charge in [-0.05, 0) is 35.0 Å². The van der Waals surface area contributed by atoms with Crippen molar-refractivity contribution >= 4 is 33.4 Å². The maximum absolute atomic E-state index is 13.0. The molecule has 0 radical (unpaired) electrons. The van der Waals surface area contributed by atoms with E-state index in [-0.39, 0.29) is 24.5 Å². The number of benzene rings is 1. The summed E-state index contributed by atoms with van der Waals surface area (Å²) in [5.74, 6) is 0.852. The molecule has 2 heterocycles. The number of hydrogen-bond acceptors (Lipinski definition) is 7. The normalized spacial score (nSPS) is 21.5. The van der Waals surface area contributed by atoms with E-state index >= 15 is 0 Å². The lowest BCUT2D eigenvalue weighted by atomic mass is 9.93. The van der Waals surface area contributed by atoms with Gasteiger partial charge in [0.25, 0.3) is 5.91 Å². The van der Waals surface area contributed by atoms with Crippen LogP contribution in [0.1, 0.15) is 23.2 Å². The minimum absolute atomic E-state index is 0.0112. The summed E-state index contributed by atoms with van der Waals surface area (Å²) in [6.07, 6.45) is 1.65. The Balaban J connectivity index is 1.59. The average Bonchev–Trinajstić information content (AvgIpc) is 3.04. The Morgan fingerprint density at radius 1 is 1.35 bits per heavy atom. The second kappa shape index (κ2) is 12.2. The molecule has 2 aliphatic heterocycles. The van der Waals surface area contributed by atoms with Crippen molar-refractivity contribution in [3.63, 3.8) is 0 Å². The molecular weight excluding hydrogens is 492 g/mol. The number of carbonyl (C=O) groups excluding carboxylic acids is 1. The third-order valence-electron chi connectivity index (χ3n) is 5.55. The predicted molar refractivity (Wildman–Crippen MR) is 120 cm³/mol. The third kappa shape index (κ3) is 6.46. The van der Waals surface area contributed by atoms with Gasteiger partial charge in [0.2, 0.25) is 0 Å². The molecule has 10 heteroatoms. The number of nitrogens with zero attached hydrogens (tertiary/aromatic N) is 1. The van der Waals surface area contributed by atoms with Gasteiger partial charge >= 0.3 is 0 Å². The van der Waals surface area contributed by atoms with Gasteiger partial charge in [-0.3, -0.25) is 9.69 Å². The molecule has 0 aromatic heterocycles. The van der Waals surface area contributed by atoms with Gasteiger partial charge in [0, 0.05) is 39.1 Å². The van der Waals surface area contributed by atoms with Crippen LogP contribution in [-0.2, 0) is 9.47 Å². The van der Waals surface area contributed by atoms with Crippen LogP contribution in [0, 0.1) is 5.92 Å². The second-order valence-corrected chi connectivity index (χ2v) is 8.80. The first-order valence-electron chi connectivity index (χ1n) is 10.5. The van der Waals surface area contributed by atoms with Crippen LogP contribution in [0.4, 0.5) is 0 Å². The van der Waals surface area contributed by atoms with Crippen molar-refractivity contribution in [3.05, 3.63) is 21.1 Å². The van der Waals surface area contributed by atoms with E-state index in [4.69, 9.17) is 35.7 Å². The van der Waals surface area contributed by atoms with Gasteiger partial charge in [-0.2, -0.15) is 0 Å². The number of likely N-dealkylation sites (tertiary alicyclic amines) is 1. The Hall–Kier alpha value is -1.10. The van der Waals surface area contributed by atoms with Crippen LogP contribution in [0.2, 0.25) is 5.02 Å². The number of fused-ring (bicyclic) bond motifs is 1. The molecule has 1 amide bonds. The Morgan fingerprint density at radius 2 is 2.13 bits per heavy atom. The highest BCUT2D eigenvalue weighted by molar-refractivity contribution is 9.10. The predicted octanol–water partition coefficient (Wildman–Crippen LogP) is 2.34. The standard InChI is InChI=1S/C21H30BrClN2O6/c1-28-17-13-25(5-9-29-10-6-26)4-3-14(17)12-24-21(27)15-11-16(23)18(22)20-19(15)30-7-2-8-31-20/h11,14,17,26H,2-10,12-13H2,1H3,(H,24,27)/t14-,17+/m0/s1. The van der Waals surface area contributed by atoms with Crippen molar-refractivity contribution in [2.75, 3.05) is 66.3 Å². The van der Waals surface area contributed by atoms with Gasteiger partial charge in [-0.1, -0.05) is 11.6 Å². The van der Waals surface area contributed by atoms with Gasteiger partial charge in [-0.25, -0.2) is 0 Å². The number of ether oxygens (including phenoxy) is 4. The van der Waals surface area contributed by atoms with Crippen molar-refractivity contribution in [2.45, 2.75) is 18.9 Å². The summed E-state index contributed by atoms with van der Waals surface area (Å²) in [4.78, 5) is 15.3. The largest absolute Gasteiger partial charge is 0.489 e. The van der Waals surface area contributed by atoms with Gasteiger partial charge in [-0.15, -0.1) is 0 Å². The van der Waals surface area contributed by atoms with Gasteiger partial charge in [0.15, 0.2) is 11.5 Å². The van der Waals surface area contributed by atoms with Crippen LogP contribution < -0.4 is 14.8 Å². The van der Waals surface area contributed by atoms with E-state index in [1.165, 1.54) is 0 Å². The van der Waals surface area contributed by atoms with E-state index in [1.807, 2.05) is 0 Å². The van der Waals surface area contributed by atoms with Crippen LogP contribution in [0.5, 0.6) is 11.5 Å². The number of amides is 1. The number of halogens is 2. The Labute approximate surface area is 196 Å². The zero-order chi connectivity index (χ0) is 22.2. The fourth-order valence-corrected chi connectivity index (χ4v) is 4.45. The number of methoxy groups -OCH3 is 1. The number of piperidine rings is 1. The number of hydrogen-bond donors (Lipinski definition) is 2. The van der Waals surface area contributed by atoms with Crippen molar-refractivity contribution in [3.8, 4) is 11.5 Å². The molecule has 1 saturated heterocycles. The maximum Gasteiger partial charge on any atom is 0.255 e.